The summed E-state index contributed by atoms with van der Waals surface area (Å²) < 4.78 is 7.45. The summed E-state index contributed by atoms with van der Waals surface area (Å²) in [4.78, 5) is 15.1. The summed E-state index contributed by atoms with van der Waals surface area (Å²) in [7, 11) is 0. The van der Waals surface area contributed by atoms with Gasteiger partial charge in [0.1, 0.15) is 12.4 Å². The minimum Gasteiger partial charge on any atom is -0.488 e. The third-order valence-corrected chi connectivity index (χ3v) is 6.47. The molecule has 0 spiro atoms. The molecule has 3 nitrogen and oxygen atoms in total. The molecule has 0 bridgehead atoms. The highest BCUT2D eigenvalue weighted by molar-refractivity contribution is 9.10. The normalized spacial score (nSPS) is 15.1. The van der Waals surface area contributed by atoms with Gasteiger partial charge in [0.25, 0.3) is 5.91 Å². The maximum Gasteiger partial charge on any atom is 0.270 e. The molecule has 1 amide bonds. The molecule has 1 saturated heterocycles. The largest absolute Gasteiger partial charge is 0.488 e. The number of anilines is 1. The first-order chi connectivity index (χ1) is 14.5. The average molecular weight is 517 g/mol. The Balaban J connectivity index is 1.56. The van der Waals surface area contributed by atoms with Crippen LogP contribution in [0.4, 0.5) is 5.69 Å². The standard InChI is InChI=1S/C23H15BrClNO2S2/c24-17-7-11-19(12-8-17)26-22(27)21(30-23(26)29)13-16-3-1-2-4-20(16)28-14-15-5-9-18(25)10-6-15/h1-13H,14H2/b21-13+. The van der Waals surface area contributed by atoms with Gasteiger partial charge in [-0.3, -0.25) is 9.69 Å². The molecule has 0 aromatic heterocycles. The molecule has 0 N–H and O–H groups in total. The number of carbonyl (C=O) groups excluding carboxylic acids is 1. The number of hydrogen-bond acceptors (Lipinski definition) is 4. The number of ether oxygens (including phenoxy) is 1. The predicted octanol–water partition coefficient (Wildman–Crippen LogP) is 7.09. The highest BCUT2D eigenvalue weighted by Gasteiger charge is 2.33. The molecule has 0 unspecified atom stereocenters. The molecule has 1 aliphatic rings. The highest BCUT2D eigenvalue weighted by atomic mass is 79.9. The molecule has 1 fully saturated rings. The Hall–Kier alpha value is -2.12. The lowest BCUT2D eigenvalue weighted by Crippen LogP contribution is -2.27. The van der Waals surface area contributed by atoms with E-state index in [0.29, 0.717) is 26.6 Å². The van der Waals surface area contributed by atoms with Crippen molar-refractivity contribution in [3.63, 3.8) is 0 Å². The van der Waals surface area contributed by atoms with Crippen LogP contribution in [0.5, 0.6) is 5.75 Å². The van der Waals surface area contributed by atoms with Gasteiger partial charge >= 0.3 is 0 Å². The first-order valence-electron chi connectivity index (χ1n) is 9.01. The van der Waals surface area contributed by atoms with E-state index in [1.807, 2.05) is 78.9 Å². The van der Waals surface area contributed by atoms with Gasteiger partial charge in [0.05, 0.1) is 10.6 Å². The average Bonchev–Trinajstić information content (AvgIpc) is 3.02. The van der Waals surface area contributed by atoms with Gasteiger partial charge in [0, 0.05) is 15.1 Å². The van der Waals surface area contributed by atoms with Crippen molar-refractivity contribution in [1.29, 1.82) is 0 Å². The molecule has 3 aromatic carbocycles. The van der Waals surface area contributed by atoms with E-state index in [1.165, 1.54) is 11.8 Å². The van der Waals surface area contributed by atoms with Crippen molar-refractivity contribution in [3.8, 4) is 5.75 Å². The third kappa shape index (κ3) is 4.78. The lowest BCUT2D eigenvalue weighted by atomic mass is 10.1. The molecule has 0 aliphatic carbocycles. The monoisotopic (exact) mass is 515 g/mol. The molecule has 30 heavy (non-hydrogen) atoms. The zero-order valence-electron chi connectivity index (χ0n) is 15.5. The van der Waals surface area contributed by atoms with E-state index in [2.05, 4.69) is 15.9 Å². The van der Waals surface area contributed by atoms with Crippen LogP contribution in [0.2, 0.25) is 5.02 Å². The number of nitrogens with zero attached hydrogens (tertiary/aromatic N) is 1. The van der Waals surface area contributed by atoms with E-state index in [-0.39, 0.29) is 5.91 Å². The predicted molar refractivity (Wildman–Crippen MR) is 132 cm³/mol. The summed E-state index contributed by atoms with van der Waals surface area (Å²) in [6.45, 7) is 0.405. The Morgan fingerprint density at radius 1 is 1.03 bits per heavy atom. The molecule has 1 heterocycles. The van der Waals surface area contributed by atoms with Crippen LogP contribution in [0.25, 0.3) is 6.08 Å². The third-order valence-electron chi connectivity index (χ3n) is 4.39. The van der Waals surface area contributed by atoms with Crippen LogP contribution in [0.15, 0.2) is 82.2 Å². The van der Waals surface area contributed by atoms with E-state index in [0.717, 1.165) is 21.3 Å². The zero-order chi connectivity index (χ0) is 21.1. The Morgan fingerprint density at radius 2 is 1.73 bits per heavy atom. The number of carbonyl (C=O) groups is 1. The van der Waals surface area contributed by atoms with Crippen LogP contribution in [0.1, 0.15) is 11.1 Å². The lowest BCUT2D eigenvalue weighted by molar-refractivity contribution is -0.113. The zero-order valence-corrected chi connectivity index (χ0v) is 19.5. The summed E-state index contributed by atoms with van der Waals surface area (Å²) >= 11 is 16.1. The van der Waals surface area contributed by atoms with Crippen molar-refractivity contribution >= 4 is 73.5 Å². The molecule has 0 radical (unpaired) electrons. The van der Waals surface area contributed by atoms with Gasteiger partial charge in [-0.25, -0.2) is 0 Å². The number of halogens is 2. The van der Waals surface area contributed by atoms with Crippen molar-refractivity contribution in [2.24, 2.45) is 0 Å². The summed E-state index contributed by atoms with van der Waals surface area (Å²) in [6.07, 6.45) is 1.83. The van der Waals surface area contributed by atoms with Crippen molar-refractivity contribution in [2.75, 3.05) is 4.90 Å². The Morgan fingerprint density at radius 3 is 2.47 bits per heavy atom. The molecule has 1 aliphatic heterocycles. The summed E-state index contributed by atoms with van der Waals surface area (Å²) in [6, 6.07) is 22.6. The van der Waals surface area contributed by atoms with Crippen LogP contribution in [0.3, 0.4) is 0 Å². The van der Waals surface area contributed by atoms with Gasteiger partial charge in [-0.15, -0.1) is 0 Å². The SMILES string of the molecule is O=C1/C(=C\c2ccccc2OCc2ccc(Cl)cc2)SC(=S)N1c1ccc(Br)cc1. The van der Waals surface area contributed by atoms with Crippen LogP contribution in [-0.4, -0.2) is 10.2 Å². The van der Waals surface area contributed by atoms with Crippen molar-refractivity contribution < 1.29 is 9.53 Å². The first kappa shape index (κ1) is 21.1. The van der Waals surface area contributed by atoms with E-state index in [1.54, 1.807) is 4.90 Å². The first-order valence-corrected chi connectivity index (χ1v) is 11.4. The van der Waals surface area contributed by atoms with Gasteiger partial charge in [-0.1, -0.05) is 81.8 Å². The molecular formula is C23H15BrClNO2S2. The molecular weight excluding hydrogens is 502 g/mol. The quantitative estimate of drug-likeness (QED) is 0.267. The van der Waals surface area contributed by atoms with Crippen LogP contribution < -0.4 is 9.64 Å². The van der Waals surface area contributed by atoms with Crippen LogP contribution in [-0.2, 0) is 11.4 Å². The molecule has 150 valence electrons. The Kier molecular flexibility index (Phi) is 6.58. The van der Waals surface area contributed by atoms with Crippen molar-refractivity contribution in [3.05, 3.63) is 98.3 Å². The Bertz CT molecular complexity index is 1130. The number of hydrogen-bond donors (Lipinski definition) is 0. The van der Waals surface area contributed by atoms with Crippen molar-refractivity contribution in [1.82, 2.24) is 0 Å². The maximum atomic E-state index is 13.0. The van der Waals surface area contributed by atoms with Crippen LogP contribution >= 0.6 is 51.5 Å². The summed E-state index contributed by atoms with van der Waals surface area (Å²) in [5, 5.41) is 0.687. The number of thioether (sulfide) groups is 1. The van der Waals surface area contributed by atoms with Gasteiger partial charge in [-0.05, 0) is 54.1 Å². The second kappa shape index (κ2) is 9.35. The molecule has 4 rings (SSSR count). The van der Waals surface area contributed by atoms with E-state index in [4.69, 9.17) is 28.6 Å². The number of benzene rings is 3. The fourth-order valence-electron chi connectivity index (χ4n) is 2.89. The minimum absolute atomic E-state index is 0.139. The molecule has 7 heteroatoms. The molecule has 0 saturated carbocycles. The highest BCUT2D eigenvalue weighted by Crippen LogP contribution is 2.37. The number of rotatable bonds is 5. The Labute approximate surface area is 197 Å². The lowest BCUT2D eigenvalue weighted by Gasteiger charge is -2.14. The van der Waals surface area contributed by atoms with Crippen LogP contribution in [0, 0.1) is 0 Å². The smallest absolute Gasteiger partial charge is 0.270 e. The number of thiocarbonyl (C=S) groups is 1. The van der Waals surface area contributed by atoms with Gasteiger partial charge in [-0.2, -0.15) is 0 Å². The van der Waals surface area contributed by atoms with Gasteiger partial charge < -0.3 is 4.74 Å². The van der Waals surface area contributed by atoms with Gasteiger partial charge in [0.15, 0.2) is 4.32 Å². The van der Waals surface area contributed by atoms with E-state index >= 15 is 0 Å². The fourth-order valence-corrected chi connectivity index (χ4v) is 4.57. The van der Waals surface area contributed by atoms with Gasteiger partial charge in [0.2, 0.25) is 0 Å². The molecule has 3 aromatic rings. The second-order valence-corrected chi connectivity index (χ2v) is 9.47. The molecule has 0 atom stereocenters. The minimum atomic E-state index is -0.139. The van der Waals surface area contributed by atoms with E-state index in [9.17, 15) is 4.79 Å². The maximum absolute atomic E-state index is 13.0. The summed E-state index contributed by atoms with van der Waals surface area (Å²) in [5.41, 5.74) is 2.58. The summed E-state index contributed by atoms with van der Waals surface area (Å²) in [5.74, 6) is 0.557. The number of para-hydroxylation sites is 1. The fraction of sp³-hybridized carbons (Fsp3) is 0.0435. The van der Waals surface area contributed by atoms with E-state index < -0.39 is 0 Å². The second-order valence-electron chi connectivity index (χ2n) is 6.45. The number of amides is 1. The topological polar surface area (TPSA) is 29.5 Å². The van der Waals surface area contributed by atoms with Crippen molar-refractivity contribution in [2.45, 2.75) is 6.61 Å².